The molecule has 0 saturated carbocycles. The number of anilines is 1. The third kappa shape index (κ3) is 4.28. The first-order valence-corrected chi connectivity index (χ1v) is 14.7. The second-order valence-electron chi connectivity index (χ2n) is 11.0. The summed E-state index contributed by atoms with van der Waals surface area (Å²) in [5.74, 6) is -1.93. The minimum atomic E-state index is -1.35. The van der Waals surface area contributed by atoms with Crippen LogP contribution in [0.25, 0.3) is 16.7 Å². The highest BCUT2D eigenvalue weighted by Crippen LogP contribution is 2.54. The van der Waals surface area contributed by atoms with Crippen molar-refractivity contribution in [1.82, 2.24) is 10.3 Å². The van der Waals surface area contributed by atoms with E-state index in [0.717, 1.165) is 32.1 Å². The van der Waals surface area contributed by atoms with Gasteiger partial charge in [0.1, 0.15) is 11.3 Å². The quantitative estimate of drug-likeness (QED) is 0.124. The number of amides is 1. The van der Waals surface area contributed by atoms with Crippen molar-refractivity contribution in [1.29, 1.82) is 0 Å². The molecule has 4 N–H and O–H groups in total. The van der Waals surface area contributed by atoms with Crippen molar-refractivity contribution < 1.29 is 14.7 Å². The number of aliphatic hydroxyl groups is 1. The number of hydrogen-bond donors (Lipinski definition) is 4. The Morgan fingerprint density at radius 3 is 2.43 bits per heavy atom. The molecule has 0 radical (unpaired) electrons. The number of aromatic nitrogens is 1. The molecule has 1 spiro atoms. The SMILES string of the molecule is O=C(/C=C(\O)c1ccccc1)[C@H]1[C@H](c2ccccc2)[C@@H](Cc2c[nH]c3ccccc23)N[C@]12C(=O)Nc1ccc(Br)cc12. The summed E-state index contributed by atoms with van der Waals surface area (Å²) in [7, 11) is 0. The van der Waals surface area contributed by atoms with E-state index in [4.69, 9.17) is 0 Å². The van der Waals surface area contributed by atoms with E-state index in [2.05, 4.69) is 37.6 Å². The predicted octanol–water partition coefficient (Wildman–Crippen LogP) is 6.86. The van der Waals surface area contributed by atoms with E-state index in [1.807, 2.05) is 91.1 Å². The number of nitrogens with one attached hydrogen (secondary N) is 3. The van der Waals surface area contributed by atoms with Gasteiger partial charge in [-0.3, -0.25) is 14.9 Å². The summed E-state index contributed by atoms with van der Waals surface area (Å²) in [6.45, 7) is 0. The van der Waals surface area contributed by atoms with Crippen molar-refractivity contribution in [3.05, 3.63) is 142 Å². The number of aromatic amines is 1. The summed E-state index contributed by atoms with van der Waals surface area (Å²) < 4.78 is 0.809. The van der Waals surface area contributed by atoms with E-state index in [0.29, 0.717) is 17.7 Å². The largest absolute Gasteiger partial charge is 0.507 e. The molecule has 4 atom stereocenters. The smallest absolute Gasteiger partial charge is 0.250 e. The lowest BCUT2D eigenvalue weighted by atomic mass is 9.70. The molecule has 1 aromatic heterocycles. The van der Waals surface area contributed by atoms with Gasteiger partial charge in [0.05, 0.1) is 5.92 Å². The zero-order valence-corrected chi connectivity index (χ0v) is 24.1. The molecule has 5 aromatic rings. The molecule has 4 aromatic carbocycles. The van der Waals surface area contributed by atoms with Crippen molar-refractivity contribution in [2.45, 2.75) is 23.9 Å². The Morgan fingerprint density at radius 2 is 1.64 bits per heavy atom. The van der Waals surface area contributed by atoms with Gasteiger partial charge in [-0.05, 0) is 41.8 Å². The van der Waals surface area contributed by atoms with Gasteiger partial charge < -0.3 is 15.4 Å². The van der Waals surface area contributed by atoms with Crippen molar-refractivity contribution >= 4 is 50.0 Å². The maximum Gasteiger partial charge on any atom is 0.250 e. The number of ketones is 1. The minimum Gasteiger partial charge on any atom is -0.507 e. The number of rotatable bonds is 6. The highest BCUT2D eigenvalue weighted by Gasteiger charge is 2.64. The molecule has 7 rings (SSSR count). The number of benzene rings is 4. The Morgan fingerprint density at radius 1 is 0.929 bits per heavy atom. The maximum atomic E-state index is 14.5. The standard InChI is InChI=1S/C35H28BrN3O3/c36-24-15-16-28-26(18-24)35(34(42)38-28)33(31(41)19-30(40)21-9-3-1-4-10-21)32(22-11-5-2-6-12-22)29(39-35)17-23-20-37-27-14-8-7-13-25(23)27/h1-16,18-20,29,32-33,37,39-40H,17H2,(H,38,42)/b30-19-/t29-,32-,33+,35+/m1/s1. The van der Waals surface area contributed by atoms with Crippen LogP contribution < -0.4 is 10.6 Å². The fourth-order valence-corrected chi connectivity index (χ4v) is 7.20. The van der Waals surface area contributed by atoms with Crippen molar-refractivity contribution in [2.24, 2.45) is 5.92 Å². The number of hydrogen-bond acceptors (Lipinski definition) is 4. The molecule has 0 bridgehead atoms. The molecule has 0 aliphatic carbocycles. The van der Waals surface area contributed by atoms with Gasteiger partial charge in [0, 0.05) is 56.4 Å². The van der Waals surface area contributed by atoms with E-state index in [1.165, 1.54) is 6.08 Å². The van der Waals surface area contributed by atoms with Gasteiger partial charge in [0.15, 0.2) is 5.78 Å². The number of allylic oxidation sites excluding steroid dienone is 1. The molecule has 1 fully saturated rings. The van der Waals surface area contributed by atoms with E-state index >= 15 is 0 Å². The topological polar surface area (TPSA) is 94.2 Å². The van der Waals surface area contributed by atoms with Crippen LogP contribution >= 0.6 is 15.9 Å². The molecule has 208 valence electrons. The predicted molar refractivity (Wildman–Crippen MR) is 168 cm³/mol. The van der Waals surface area contributed by atoms with Gasteiger partial charge in [-0.1, -0.05) is 94.8 Å². The van der Waals surface area contributed by atoms with Crippen molar-refractivity contribution in [3.63, 3.8) is 0 Å². The van der Waals surface area contributed by atoms with Crippen LogP contribution in [0.2, 0.25) is 0 Å². The fraction of sp³-hybridized carbons (Fsp3) is 0.143. The van der Waals surface area contributed by atoms with E-state index in [9.17, 15) is 14.7 Å². The Balaban J connectivity index is 1.42. The Kier molecular flexibility index (Phi) is 6.56. The molecule has 0 unspecified atom stereocenters. The van der Waals surface area contributed by atoms with Gasteiger partial charge in [-0.25, -0.2) is 0 Å². The minimum absolute atomic E-state index is 0.129. The summed E-state index contributed by atoms with van der Waals surface area (Å²) in [6.07, 6.45) is 3.88. The molecule has 2 aliphatic rings. The molecular formula is C35H28BrN3O3. The first kappa shape index (κ1) is 26.4. The third-order valence-corrected chi connectivity index (χ3v) is 9.13. The Bertz CT molecular complexity index is 1850. The lowest BCUT2D eigenvalue weighted by Crippen LogP contribution is -2.51. The fourth-order valence-electron chi connectivity index (χ4n) is 6.84. The van der Waals surface area contributed by atoms with Crippen molar-refractivity contribution in [2.75, 3.05) is 5.32 Å². The van der Waals surface area contributed by atoms with Crippen LogP contribution in [-0.4, -0.2) is 27.8 Å². The number of fused-ring (bicyclic) bond motifs is 3. The Hall–Kier alpha value is -4.46. The zero-order valence-electron chi connectivity index (χ0n) is 22.6. The molecular weight excluding hydrogens is 590 g/mol. The summed E-state index contributed by atoms with van der Waals surface area (Å²) in [4.78, 5) is 32.0. The average molecular weight is 619 g/mol. The van der Waals surface area contributed by atoms with E-state index < -0.39 is 11.5 Å². The third-order valence-electron chi connectivity index (χ3n) is 8.64. The number of H-pyrrole nitrogens is 1. The Labute approximate surface area is 251 Å². The number of para-hydroxylation sites is 1. The van der Waals surface area contributed by atoms with Crippen LogP contribution in [0.1, 0.15) is 28.2 Å². The van der Waals surface area contributed by atoms with E-state index in [-0.39, 0.29) is 29.4 Å². The lowest BCUT2D eigenvalue weighted by Gasteiger charge is -2.30. The number of aliphatic hydroxyl groups excluding tert-OH is 1. The summed E-state index contributed by atoms with van der Waals surface area (Å²) >= 11 is 3.59. The first-order valence-electron chi connectivity index (χ1n) is 13.9. The molecule has 7 heteroatoms. The van der Waals surface area contributed by atoms with Crippen molar-refractivity contribution in [3.8, 4) is 0 Å². The summed E-state index contributed by atoms with van der Waals surface area (Å²) in [6, 6.07) is 32.4. The van der Waals surface area contributed by atoms with Gasteiger partial charge in [-0.2, -0.15) is 0 Å². The van der Waals surface area contributed by atoms with Crippen LogP contribution in [0.5, 0.6) is 0 Å². The van der Waals surface area contributed by atoms with Crippen LogP contribution in [0.4, 0.5) is 5.69 Å². The lowest BCUT2D eigenvalue weighted by molar-refractivity contribution is -0.129. The summed E-state index contributed by atoms with van der Waals surface area (Å²) in [5.41, 5.74) is 3.67. The number of carbonyl (C=O) groups excluding carboxylic acids is 2. The number of halogens is 1. The molecule has 1 amide bonds. The summed E-state index contributed by atoms with van der Waals surface area (Å²) in [5, 5.41) is 18.9. The highest BCUT2D eigenvalue weighted by molar-refractivity contribution is 9.10. The average Bonchev–Trinajstić information content (AvgIpc) is 3.66. The van der Waals surface area contributed by atoms with Crippen LogP contribution in [-0.2, 0) is 21.5 Å². The second-order valence-corrected chi connectivity index (χ2v) is 11.9. The highest BCUT2D eigenvalue weighted by atomic mass is 79.9. The molecule has 2 aliphatic heterocycles. The molecule has 1 saturated heterocycles. The van der Waals surface area contributed by atoms with E-state index in [1.54, 1.807) is 12.1 Å². The maximum absolute atomic E-state index is 14.5. The molecule has 3 heterocycles. The van der Waals surface area contributed by atoms with Gasteiger partial charge >= 0.3 is 0 Å². The van der Waals surface area contributed by atoms with Gasteiger partial charge in [0.25, 0.3) is 0 Å². The monoisotopic (exact) mass is 617 g/mol. The van der Waals surface area contributed by atoms with Crippen LogP contribution in [0.15, 0.2) is 120 Å². The molecule has 6 nitrogen and oxygen atoms in total. The number of carbonyl (C=O) groups is 2. The zero-order chi connectivity index (χ0) is 28.8. The first-order chi connectivity index (χ1) is 20.5. The molecule has 42 heavy (non-hydrogen) atoms. The van der Waals surface area contributed by atoms with Crippen LogP contribution in [0, 0.1) is 5.92 Å². The van der Waals surface area contributed by atoms with Gasteiger partial charge in [0.2, 0.25) is 5.91 Å². The van der Waals surface area contributed by atoms with Crippen LogP contribution in [0.3, 0.4) is 0 Å². The van der Waals surface area contributed by atoms with Gasteiger partial charge in [-0.15, -0.1) is 0 Å². The second kappa shape index (κ2) is 10.4. The normalized spacial score (nSPS) is 23.3.